The molecule has 0 aromatic heterocycles. The third kappa shape index (κ3) is 4.16. The maximum Gasteiger partial charge on any atom is 0.381 e. The summed E-state index contributed by atoms with van der Waals surface area (Å²) in [5.41, 5.74) is 2.80. The fraction of sp³-hybridized carbons (Fsp3) is 0.571. The highest BCUT2D eigenvalue weighted by molar-refractivity contribution is 6.85. The molecule has 0 atom stereocenters. The lowest BCUT2D eigenvalue weighted by atomic mass is 10.7. The molecule has 56 valence electrons. The van der Waals surface area contributed by atoms with Crippen LogP contribution in [0.5, 0.6) is 0 Å². The lowest BCUT2D eigenvalue weighted by Gasteiger charge is -2.08. The van der Waals surface area contributed by atoms with E-state index in [1.165, 1.54) is 0 Å². The topological polar surface area (TPSA) is 37.3 Å². The van der Waals surface area contributed by atoms with Crippen molar-refractivity contribution in [3.8, 4) is 11.5 Å². The molecule has 0 aromatic rings. The Labute approximate surface area is 62.3 Å². The van der Waals surface area contributed by atoms with Crippen LogP contribution in [0, 0.1) is 11.5 Å². The highest BCUT2D eigenvalue weighted by Gasteiger charge is 2.13. The lowest BCUT2D eigenvalue weighted by Crippen LogP contribution is -2.21. The quantitative estimate of drug-likeness (QED) is 0.459. The van der Waals surface area contributed by atoms with Crippen molar-refractivity contribution in [2.75, 3.05) is 0 Å². The van der Waals surface area contributed by atoms with E-state index < -0.39 is 14.0 Å². The van der Waals surface area contributed by atoms with Crippen LogP contribution in [0.1, 0.15) is 6.92 Å². The minimum atomic E-state index is -1.48. The number of carboxylic acids is 1. The van der Waals surface area contributed by atoms with Gasteiger partial charge in [-0.3, -0.25) is 0 Å². The summed E-state index contributed by atoms with van der Waals surface area (Å²) in [4.78, 5) is 10.0. The third-order valence-corrected chi connectivity index (χ3v) is 3.96. The summed E-state index contributed by atoms with van der Waals surface area (Å²) in [6.07, 6.45) is 0. The van der Waals surface area contributed by atoms with E-state index in [9.17, 15) is 4.79 Å². The van der Waals surface area contributed by atoms with Crippen LogP contribution in [-0.2, 0) is 4.79 Å². The molecule has 0 spiro atoms. The molecule has 0 rings (SSSR count). The van der Waals surface area contributed by atoms with Crippen molar-refractivity contribution < 1.29 is 9.90 Å². The average Bonchev–Trinajstić information content (AvgIpc) is 1.85. The predicted molar refractivity (Wildman–Crippen MR) is 43.4 cm³/mol. The molecular weight excluding hydrogens is 144 g/mol. The van der Waals surface area contributed by atoms with Crippen LogP contribution >= 0.6 is 0 Å². The van der Waals surface area contributed by atoms with Gasteiger partial charge in [0.05, 0.1) is 0 Å². The molecule has 0 aliphatic heterocycles. The molecule has 0 aliphatic carbocycles. The van der Waals surface area contributed by atoms with E-state index in [1.807, 2.05) is 6.92 Å². The zero-order valence-corrected chi connectivity index (χ0v) is 7.56. The Morgan fingerprint density at radius 1 is 1.60 bits per heavy atom. The molecule has 0 saturated carbocycles. The van der Waals surface area contributed by atoms with Crippen LogP contribution in [0.25, 0.3) is 0 Å². The van der Waals surface area contributed by atoms with Crippen molar-refractivity contribution in [1.82, 2.24) is 0 Å². The molecule has 2 nitrogen and oxygen atoms in total. The summed E-state index contributed by atoms with van der Waals surface area (Å²) < 4.78 is 0. The van der Waals surface area contributed by atoms with Crippen molar-refractivity contribution >= 4 is 14.0 Å². The van der Waals surface area contributed by atoms with Crippen molar-refractivity contribution in [3.05, 3.63) is 0 Å². The summed E-state index contributed by atoms with van der Waals surface area (Å²) in [5, 5.41) is 8.22. The summed E-state index contributed by atoms with van der Waals surface area (Å²) in [6, 6.07) is 1.01. The molecular formula is C7H12O2Si. The minimum absolute atomic E-state index is 1.01. The van der Waals surface area contributed by atoms with E-state index >= 15 is 0 Å². The maximum absolute atomic E-state index is 10.0. The molecule has 0 saturated heterocycles. The average molecular weight is 156 g/mol. The fourth-order valence-electron chi connectivity index (χ4n) is 0.311. The van der Waals surface area contributed by atoms with Crippen molar-refractivity contribution in [2.24, 2.45) is 0 Å². The molecule has 3 heteroatoms. The minimum Gasteiger partial charge on any atom is -0.472 e. The van der Waals surface area contributed by atoms with Crippen LogP contribution in [0.4, 0.5) is 0 Å². The van der Waals surface area contributed by atoms with Gasteiger partial charge in [0.1, 0.15) is 8.07 Å². The number of rotatable bonds is 1. The first-order chi connectivity index (χ1) is 4.48. The molecule has 0 heterocycles. The zero-order valence-electron chi connectivity index (χ0n) is 6.56. The molecule has 0 amide bonds. The largest absolute Gasteiger partial charge is 0.472 e. The fourth-order valence-corrected chi connectivity index (χ4v) is 0.933. The number of carbonyl (C=O) groups is 1. The van der Waals surface area contributed by atoms with E-state index in [0.717, 1.165) is 6.04 Å². The molecule has 1 N–H and O–H groups in total. The van der Waals surface area contributed by atoms with E-state index in [0.29, 0.717) is 0 Å². The van der Waals surface area contributed by atoms with Crippen LogP contribution < -0.4 is 0 Å². The van der Waals surface area contributed by atoms with Gasteiger partial charge in [-0.25, -0.2) is 4.79 Å². The van der Waals surface area contributed by atoms with Crippen molar-refractivity contribution in [3.63, 3.8) is 0 Å². The van der Waals surface area contributed by atoms with Crippen LogP contribution in [-0.4, -0.2) is 19.1 Å². The lowest BCUT2D eigenvalue weighted by molar-refractivity contribution is -0.130. The van der Waals surface area contributed by atoms with Gasteiger partial charge in [0, 0.05) is 5.92 Å². The third-order valence-electron chi connectivity index (χ3n) is 1.39. The Morgan fingerprint density at radius 3 is 2.40 bits per heavy atom. The Hall–Kier alpha value is -0.753. The Balaban J connectivity index is 4.15. The van der Waals surface area contributed by atoms with Gasteiger partial charge in [-0.15, -0.1) is 5.54 Å². The number of aliphatic carboxylic acids is 1. The molecule has 0 fully saturated rings. The van der Waals surface area contributed by atoms with Gasteiger partial charge in [0.25, 0.3) is 0 Å². The second-order valence-corrected chi connectivity index (χ2v) is 7.52. The Kier molecular flexibility index (Phi) is 3.17. The summed E-state index contributed by atoms with van der Waals surface area (Å²) in [5.74, 6) is 1.15. The summed E-state index contributed by atoms with van der Waals surface area (Å²) in [6.45, 7) is 6.16. The van der Waals surface area contributed by atoms with Crippen molar-refractivity contribution in [1.29, 1.82) is 0 Å². The zero-order chi connectivity index (χ0) is 8.20. The maximum atomic E-state index is 10.0. The standard InChI is InChI=1S/C7H12O2Si/c1-4-10(2,3)6-5-7(8)9/h4H2,1-3H3,(H,8,9). The Bertz CT molecular complexity index is 186. The highest BCUT2D eigenvalue weighted by atomic mass is 28.3. The van der Waals surface area contributed by atoms with E-state index in [2.05, 4.69) is 24.6 Å². The molecule has 0 bridgehead atoms. The van der Waals surface area contributed by atoms with Crippen LogP contribution in [0.15, 0.2) is 0 Å². The molecule has 0 radical (unpaired) electrons. The summed E-state index contributed by atoms with van der Waals surface area (Å²) in [7, 11) is -1.48. The van der Waals surface area contributed by atoms with Crippen molar-refractivity contribution in [2.45, 2.75) is 26.1 Å². The first-order valence-electron chi connectivity index (χ1n) is 3.24. The van der Waals surface area contributed by atoms with Gasteiger partial charge in [-0.2, -0.15) is 0 Å². The molecule has 0 aromatic carbocycles. The predicted octanol–water partition coefficient (Wildman–Crippen LogP) is 1.34. The molecule has 0 aliphatic rings. The smallest absolute Gasteiger partial charge is 0.381 e. The number of hydrogen-bond acceptors (Lipinski definition) is 1. The van der Waals surface area contributed by atoms with E-state index in [1.54, 1.807) is 0 Å². The van der Waals surface area contributed by atoms with Gasteiger partial charge >= 0.3 is 5.97 Å². The van der Waals surface area contributed by atoms with Gasteiger partial charge < -0.3 is 5.11 Å². The van der Waals surface area contributed by atoms with Crippen LogP contribution in [0.2, 0.25) is 19.1 Å². The van der Waals surface area contributed by atoms with E-state index in [4.69, 9.17) is 5.11 Å². The van der Waals surface area contributed by atoms with E-state index in [-0.39, 0.29) is 0 Å². The Morgan fingerprint density at radius 2 is 2.10 bits per heavy atom. The second kappa shape index (κ2) is 3.42. The first kappa shape index (κ1) is 9.25. The van der Waals surface area contributed by atoms with Gasteiger partial charge in [0.2, 0.25) is 0 Å². The molecule has 0 unspecified atom stereocenters. The second-order valence-electron chi connectivity index (χ2n) is 2.79. The highest BCUT2D eigenvalue weighted by Crippen LogP contribution is 2.04. The summed E-state index contributed by atoms with van der Waals surface area (Å²) >= 11 is 0. The monoisotopic (exact) mass is 156 g/mol. The first-order valence-corrected chi connectivity index (χ1v) is 6.45. The van der Waals surface area contributed by atoms with Gasteiger partial charge in [-0.05, 0) is 6.04 Å². The number of hydrogen-bond donors (Lipinski definition) is 1. The normalized spacial score (nSPS) is 9.90. The number of carboxylic acid groups (broad SMARTS) is 1. The van der Waals surface area contributed by atoms with Crippen LogP contribution in [0.3, 0.4) is 0 Å². The SMILES string of the molecule is CC[Si](C)(C)C#CC(=O)O. The van der Waals surface area contributed by atoms with Gasteiger partial charge in [-0.1, -0.05) is 20.0 Å². The van der Waals surface area contributed by atoms with Gasteiger partial charge in [0.15, 0.2) is 0 Å². The molecule has 10 heavy (non-hydrogen) atoms.